The van der Waals surface area contributed by atoms with E-state index in [4.69, 9.17) is 5.11 Å². The molecule has 0 amide bonds. The zero-order chi connectivity index (χ0) is 15.6. The fourth-order valence-corrected chi connectivity index (χ4v) is 2.60. The van der Waals surface area contributed by atoms with Crippen LogP contribution in [0.2, 0.25) is 0 Å². The normalized spacial score (nSPS) is 11.4. The monoisotopic (exact) mass is 312 g/mol. The Kier molecular flexibility index (Phi) is 4.27. The van der Waals surface area contributed by atoms with Crippen LogP contribution in [0.5, 0.6) is 0 Å². The lowest BCUT2D eigenvalue weighted by Gasteiger charge is -2.08. The largest absolute Gasteiger partial charge is 0.478 e. The van der Waals surface area contributed by atoms with Crippen LogP contribution in [0.4, 0.5) is 13.2 Å². The van der Waals surface area contributed by atoms with Crippen molar-refractivity contribution >= 4 is 17.7 Å². The number of rotatable bonds is 3. The molecule has 2 aromatic carbocycles. The molecule has 0 aliphatic rings. The van der Waals surface area contributed by atoms with E-state index >= 15 is 0 Å². The Hall–Kier alpha value is -1.95. The molecule has 0 aliphatic heterocycles. The van der Waals surface area contributed by atoms with Crippen molar-refractivity contribution in [3.8, 4) is 0 Å². The van der Waals surface area contributed by atoms with Gasteiger partial charge in [0, 0.05) is 9.79 Å². The van der Waals surface area contributed by atoms with E-state index in [1.165, 1.54) is 30.0 Å². The molecule has 0 aliphatic carbocycles. The molecule has 6 heteroatoms. The SMILES string of the molecule is Cc1ccc(Sc2ccc(C(F)(F)F)cc2)cc1C(=O)O. The number of aromatic carboxylic acids is 1. The summed E-state index contributed by atoms with van der Waals surface area (Å²) in [6, 6.07) is 9.69. The van der Waals surface area contributed by atoms with Crippen LogP contribution < -0.4 is 0 Å². The highest BCUT2D eigenvalue weighted by Gasteiger charge is 2.29. The molecule has 0 atom stereocenters. The second-order valence-electron chi connectivity index (χ2n) is 4.41. The van der Waals surface area contributed by atoms with E-state index in [0.29, 0.717) is 15.4 Å². The minimum atomic E-state index is -4.36. The summed E-state index contributed by atoms with van der Waals surface area (Å²) in [4.78, 5) is 12.3. The van der Waals surface area contributed by atoms with Crippen LogP contribution in [0.1, 0.15) is 21.5 Å². The molecule has 0 fully saturated rings. The first-order valence-electron chi connectivity index (χ1n) is 5.96. The molecule has 1 N–H and O–H groups in total. The van der Waals surface area contributed by atoms with Crippen molar-refractivity contribution in [2.24, 2.45) is 0 Å². The van der Waals surface area contributed by atoms with Gasteiger partial charge in [-0.15, -0.1) is 0 Å². The molecular weight excluding hydrogens is 301 g/mol. The first-order chi connectivity index (χ1) is 9.77. The maximum absolute atomic E-state index is 12.5. The fourth-order valence-electron chi connectivity index (χ4n) is 1.74. The lowest BCUT2D eigenvalue weighted by molar-refractivity contribution is -0.137. The molecule has 0 unspecified atom stereocenters. The maximum Gasteiger partial charge on any atom is 0.416 e. The summed E-state index contributed by atoms with van der Waals surface area (Å²) in [6.07, 6.45) is -4.36. The van der Waals surface area contributed by atoms with E-state index in [9.17, 15) is 18.0 Å². The van der Waals surface area contributed by atoms with E-state index in [2.05, 4.69) is 0 Å². The van der Waals surface area contributed by atoms with Gasteiger partial charge in [-0.2, -0.15) is 13.2 Å². The van der Waals surface area contributed by atoms with Gasteiger partial charge >= 0.3 is 12.1 Å². The summed E-state index contributed by atoms with van der Waals surface area (Å²) in [7, 11) is 0. The Labute approximate surface area is 123 Å². The minimum absolute atomic E-state index is 0.187. The number of alkyl halides is 3. The number of carboxylic acid groups (broad SMARTS) is 1. The van der Waals surface area contributed by atoms with Gasteiger partial charge in [-0.3, -0.25) is 0 Å². The Balaban J connectivity index is 2.22. The van der Waals surface area contributed by atoms with Crippen molar-refractivity contribution in [2.45, 2.75) is 22.9 Å². The first kappa shape index (κ1) is 15.4. The molecule has 110 valence electrons. The van der Waals surface area contributed by atoms with Crippen LogP contribution in [0.25, 0.3) is 0 Å². The van der Waals surface area contributed by atoms with Gasteiger partial charge in [0.15, 0.2) is 0 Å². The number of carboxylic acids is 1. The number of benzene rings is 2. The third kappa shape index (κ3) is 3.78. The third-order valence-corrected chi connectivity index (χ3v) is 3.85. The first-order valence-corrected chi connectivity index (χ1v) is 6.78. The molecule has 2 aromatic rings. The number of hydrogen-bond donors (Lipinski definition) is 1. The van der Waals surface area contributed by atoms with Gasteiger partial charge in [-0.1, -0.05) is 17.8 Å². The van der Waals surface area contributed by atoms with Crippen molar-refractivity contribution in [2.75, 3.05) is 0 Å². The van der Waals surface area contributed by atoms with Gasteiger partial charge in [0.25, 0.3) is 0 Å². The second-order valence-corrected chi connectivity index (χ2v) is 5.55. The summed E-state index contributed by atoms with van der Waals surface area (Å²) in [5.74, 6) is -1.03. The van der Waals surface area contributed by atoms with Crippen LogP contribution in [-0.4, -0.2) is 11.1 Å². The molecule has 2 nitrogen and oxygen atoms in total. The lowest BCUT2D eigenvalue weighted by atomic mass is 10.1. The number of hydrogen-bond acceptors (Lipinski definition) is 2. The maximum atomic E-state index is 12.5. The fraction of sp³-hybridized carbons (Fsp3) is 0.133. The molecule has 0 radical (unpaired) electrons. The molecule has 0 bridgehead atoms. The van der Waals surface area contributed by atoms with Gasteiger partial charge in [-0.25, -0.2) is 4.79 Å². The molecule has 2 rings (SSSR count). The average molecular weight is 312 g/mol. The van der Waals surface area contributed by atoms with Crippen LogP contribution in [0.3, 0.4) is 0 Å². The van der Waals surface area contributed by atoms with Crippen LogP contribution in [-0.2, 0) is 6.18 Å². The Morgan fingerprint density at radius 1 is 1.05 bits per heavy atom. The van der Waals surface area contributed by atoms with Crippen LogP contribution in [0, 0.1) is 6.92 Å². The standard InChI is InChI=1S/C15H11F3O2S/c1-9-2-5-12(8-13(9)14(19)20)21-11-6-3-10(4-7-11)15(16,17)18/h2-8H,1H3,(H,19,20). The average Bonchev–Trinajstić information content (AvgIpc) is 2.40. The highest BCUT2D eigenvalue weighted by atomic mass is 32.2. The van der Waals surface area contributed by atoms with Crippen molar-refractivity contribution < 1.29 is 23.1 Å². The van der Waals surface area contributed by atoms with E-state index in [1.54, 1.807) is 19.1 Å². The van der Waals surface area contributed by atoms with Crippen LogP contribution in [0.15, 0.2) is 52.3 Å². The van der Waals surface area contributed by atoms with Gasteiger partial charge in [0.05, 0.1) is 11.1 Å². The Morgan fingerprint density at radius 2 is 1.62 bits per heavy atom. The number of aryl methyl sites for hydroxylation is 1. The minimum Gasteiger partial charge on any atom is -0.478 e. The van der Waals surface area contributed by atoms with Crippen molar-refractivity contribution in [1.82, 2.24) is 0 Å². The molecule has 21 heavy (non-hydrogen) atoms. The summed E-state index contributed by atoms with van der Waals surface area (Å²) < 4.78 is 37.4. The number of carbonyl (C=O) groups is 1. The van der Waals surface area contributed by atoms with Crippen LogP contribution >= 0.6 is 11.8 Å². The highest BCUT2D eigenvalue weighted by Crippen LogP contribution is 2.33. The Morgan fingerprint density at radius 3 is 2.14 bits per heavy atom. The van der Waals surface area contributed by atoms with E-state index in [1.807, 2.05) is 0 Å². The Bertz CT molecular complexity index is 664. The van der Waals surface area contributed by atoms with Gasteiger partial charge in [0.2, 0.25) is 0 Å². The zero-order valence-electron chi connectivity index (χ0n) is 10.9. The third-order valence-electron chi connectivity index (χ3n) is 2.86. The van der Waals surface area contributed by atoms with E-state index in [0.717, 1.165) is 12.1 Å². The molecule has 0 saturated carbocycles. The summed E-state index contributed by atoms with van der Waals surface area (Å²) >= 11 is 1.22. The van der Waals surface area contributed by atoms with E-state index in [-0.39, 0.29) is 5.56 Å². The summed E-state index contributed by atoms with van der Waals surface area (Å²) in [5, 5.41) is 9.05. The van der Waals surface area contributed by atoms with E-state index < -0.39 is 17.7 Å². The molecular formula is C15H11F3O2S. The quantitative estimate of drug-likeness (QED) is 0.879. The molecule has 0 aromatic heterocycles. The highest BCUT2D eigenvalue weighted by molar-refractivity contribution is 7.99. The summed E-state index contributed by atoms with van der Waals surface area (Å²) in [5.41, 5.74) is 0.119. The second kappa shape index (κ2) is 5.81. The van der Waals surface area contributed by atoms with Crippen molar-refractivity contribution in [3.63, 3.8) is 0 Å². The van der Waals surface area contributed by atoms with Gasteiger partial charge in [0.1, 0.15) is 0 Å². The number of halogens is 3. The molecule has 0 heterocycles. The molecule has 0 spiro atoms. The van der Waals surface area contributed by atoms with Crippen molar-refractivity contribution in [3.05, 3.63) is 59.2 Å². The topological polar surface area (TPSA) is 37.3 Å². The molecule has 0 saturated heterocycles. The van der Waals surface area contributed by atoms with Gasteiger partial charge < -0.3 is 5.11 Å². The zero-order valence-corrected chi connectivity index (χ0v) is 11.8. The summed E-state index contributed by atoms with van der Waals surface area (Å²) in [6.45, 7) is 1.69. The van der Waals surface area contributed by atoms with Crippen molar-refractivity contribution in [1.29, 1.82) is 0 Å². The predicted molar refractivity (Wildman–Crippen MR) is 73.7 cm³/mol. The lowest BCUT2D eigenvalue weighted by Crippen LogP contribution is -2.03. The smallest absolute Gasteiger partial charge is 0.416 e. The van der Waals surface area contributed by atoms with Gasteiger partial charge in [-0.05, 0) is 48.9 Å². The predicted octanol–water partition coefficient (Wildman–Crippen LogP) is 4.86.